The number of nitrogens with zero attached hydrogens (tertiary/aromatic N) is 1. The fourth-order valence-electron chi connectivity index (χ4n) is 1.55. The highest BCUT2D eigenvalue weighted by Gasteiger charge is 2.25. The minimum atomic E-state index is 0.722. The molecule has 0 aromatic rings. The molecule has 62 valence electrons. The third-order valence-electron chi connectivity index (χ3n) is 2.60. The molecule has 0 radical (unpaired) electrons. The lowest BCUT2D eigenvalue weighted by atomic mass is 10.1. The molecule has 1 saturated heterocycles. The van der Waals surface area contributed by atoms with Crippen molar-refractivity contribution in [1.29, 1.82) is 0 Å². The highest BCUT2D eigenvalue weighted by atomic mass is 16.5. The van der Waals surface area contributed by atoms with Crippen molar-refractivity contribution in [3.05, 3.63) is 11.6 Å². The Bertz CT molecular complexity index is 172. The van der Waals surface area contributed by atoms with E-state index in [0.29, 0.717) is 0 Å². The van der Waals surface area contributed by atoms with Crippen molar-refractivity contribution in [2.24, 2.45) is 0 Å². The maximum atomic E-state index is 5.15. The van der Waals surface area contributed by atoms with Crippen LogP contribution in [-0.4, -0.2) is 37.2 Å². The van der Waals surface area contributed by atoms with Gasteiger partial charge in [-0.3, -0.25) is 4.90 Å². The molecule has 0 spiro atoms. The highest BCUT2D eigenvalue weighted by Crippen LogP contribution is 2.16. The van der Waals surface area contributed by atoms with E-state index < -0.39 is 0 Å². The Morgan fingerprint density at radius 3 is 2.82 bits per heavy atom. The van der Waals surface area contributed by atoms with Crippen molar-refractivity contribution >= 4 is 0 Å². The summed E-state index contributed by atoms with van der Waals surface area (Å²) < 4.78 is 5.15. The minimum Gasteiger partial charge on any atom is -0.378 e. The van der Waals surface area contributed by atoms with Gasteiger partial charge in [-0.15, -0.1) is 0 Å². The Morgan fingerprint density at radius 1 is 1.55 bits per heavy atom. The van der Waals surface area contributed by atoms with E-state index in [1.165, 1.54) is 13.0 Å². The lowest BCUT2D eigenvalue weighted by Crippen LogP contribution is -2.50. The van der Waals surface area contributed by atoms with E-state index >= 15 is 0 Å². The zero-order chi connectivity index (χ0) is 7.68. The summed E-state index contributed by atoms with van der Waals surface area (Å²) in [5.74, 6) is 0. The molecule has 2 aliphatic rings. The Morgan fingerprint density at radius 2 is 2.36 bits per heavy atom. The van der Waals surface area contributed by atoms with Crippen molar-refractivity contribution in [3.63, 3.8) is 0 Å². The van der Waals surface area contributed by atoms with E-state index in [1.54, 1.807) is 5.57 Å². The summed E-state index contributed by atoms with van der Waals surface area (Å²) in [5.41, 5.74) is 1.54. The van der Waals surface area contributed by atoms with Gasteiger partial charge in [-0.25, -0.2) is 0 Å². The molecule has 2 rings (SSSR count). The molecule has 0 amide bonds. The van der Waals surface area contributed by atoms with Crippen LogP contribution in [0.5, 0.6) is 0 Å². The van der Waals surface area contributed by atoms with Gasteiger partial charge in [0.15, 0.2) is 0 Å². The molecule has 0 saturated carbocycles. The third kappa shape index (κ3) is 1.47. The summed E-state index contributed by atoms with van der Waals surface area (Å²) in [6.45, 7) is 6.49. The van der Waals surface area contributed by atoms with Gasteiger partial charge in [0.05, 0.1) is 19.3 Å². The van der Waals surface area contributed by atoms with Crippen LogP contribution >= 0.6 is 0 Å². The summed E-state index contributed by atoms with van der Waals surface area (Å²) in [7, 11) is 0. The van der Waals surface area contributed by atoms with E-state index in [1.807, 2.05) is 0 Å². The summed E-state index contributed by atoms with van der Waals surface area (Å²) in [6.07, 6.45) is 3.58. The van der Waals surface area contributed by atoms with E-state index in [0.717, 1.165) is 25.8 Å². The van der Waals surface area contributed by atoms with Crippen LogP contribution in [0.3, 0.4) is 0 Å². The summed E-state index contributed by atoms with van der Waals surface area (Å²) >= 11 is 0. The van der Waals surface area contributed by atoms with Crippen LogP contribution < -0.4 is 0 Å². The number of rotatable bonds is 1. The molecule has 2 nitrogen and oxygen atoms in total. The second-order valence-corrected chi connectivity index (χ2v) is 3.49. The van der Waals surface area contributed by atoms with Gasteiger partial charge in [0.2, 0.25) is 0 Å². The first-order chi connectivity index (χ1) is 5.36. The van der Waals surface area contributed by atoms with Crippen molar-refractivity contribution in [3.8, 4) is 0 Å². The number of hydrogen-bond acceptors (Lipinski definition) is 2. The Labute approximate surface area is 67.8 Å². The van der Waals surface area contributed by atoms with Gasteiger partial charge in [0.1, 0.15) is 0 Å². The van der Waals surface area contributed by atoms with Crippen LogP contribution in [-0.2, 0) is 4.74 Å². The van der Waals surface area contributed by atoms with Crippen LogP contribution in [0.4, 0.5) is 0 Å². The molecule has 0 unspecified atom stereocenters. The Hall–Kier alpha value is -0.340. The van der Waals surface area contributed by atoms with Gasteiger partial charge in [-0.05, 0) is 13.3 Å². The fraction of sp³-hybridized carbons (Fsp3) is 0.778. The van der Waals surface area contributed by atoms with Crippen LogP contribution in [0.25, 0.3) is 0 Å². The average Bonchev–Trinajstić information content (AvgIpc) is 1.90. The van der Waals surface area contributed by atoms with Crippen LogP contribution in [0.2, 0.25) is 0 Å². The molecule has 0 aliphatic carbocycles. The quantitative estimate of drug-likeness (QED) is 0.522. The number of ether oxygens (including phenoxy) is 1. The molecule has 2 aliphatic heterocycles. The standard InChI is InChI=1S/C9H15NO/c1-8-2-4-10(5-3-8)9-6-11-7-9/h2,9H,3-7H2,1H3. The smallest absolute Gasteiger partial charge is 0.0645 e. The topological polar surface area (TPSA) is 12.5 Å². The largest absolute Gasteiger partial charge is 0.378 e. The van der Waals surface area contributed by atoms with E-state index in [-0.39, 0.29) is 0 Å². The maximum Gasteiger partial charge on any atom is 0.0645 e. The zero-order valence-corrected chi connectivity index (χ0v) is 7.05. The number of hydrogen-bond donors (Lipinski definition) is 0. The zero-order valence-electron chi connectivity index (χ0n) is 7.05. The van der Waals surface area contributed by atoms with E-state index in [2.05, 4.69) is 17.9 Å². The fourth-order valence-corrected chi connectivity index (χ4v) is 1.55. The summed E-state index contributed by atoms with van der Waals surface area (Å²) in [4.78, 5) is 2.51. The Balaban J connectivity index is 1.87. The van der Waals surface area contributed by atoms with Crippen LogP contribution in [0.15, 0.2) is 11.6 Å². The van der Waals surface area contributed by atoms with E-state index in [9.17, 15) is 0 Å². The minimum absolute atomic E-state index is 0.722. The van der Waals surface area contributed by atoms with Crippen LogP contribution in [0, 0.1) is 0 Å². The Kier molecular flexibility index (Phi) is 1.96. The molecule has 0 aromatic carbocycles. The van der Waals surface area contributed by atoms with Gasteiger partial charge in [0, 0.05) is 13.1 Å². The highest BCUT2D eigenvalue weighted by molar-refractivity contribution is 5.05. The van der Waals surface area contributed by atoms with Gasteiger partial charge in [-0.1, -0.05) is 11.6 Å². The maximum absolute atomic E-state index is 5.15. The molecule has 2 heteroatoms. The molecule has 0 aromatic heterocycles. The van der Waals surface area contributed by atoms with Crippen molar-refractivity contribution < 1.29 is 4.74 Å². The lowest BCUT2D eigenvalue weighted by Gasteiger charge is -2.38. The van der Waals surface area contributed by atoms with Crippen molar-refractivity contribution in [2.45, 2.75) is 19.4 Å². The van der Waals surface area contributed by atoms with Crippen molar-refractivity contribution in [1.82, 2.24) is 4.90 Å². The normalized spacial score (nSPS) is 27.9. The lowest BCUT2D eigenvalue weighted by molar-refractivity contribution is -0.0620. The summed E-state index contributed by atoms with van der Waals surface area (Å²) in [5, 5.41) is 0. The van der Waals surface area contributed by atoms with E-state index in [4.69, 9.17) is 4.74 Å². The van der Waals surface area contributed by atoms with Gasteiger partial charge in [0.25, 0.3) is 0 Å². The first kappa shape index (κ1) is 7.32. The molecule has 1 fully saturated rings. The van der Waals surface area contributed by atoms with Crippen molar-refractivity contribution in [2.75, 3.05) is 26.3 Å². The predicted octanol–water partition coefficient (Wildman–Crippen LogP) is 1.04. The molecule has 11 heavy (non-hydrogen) atoms. The average molecular weight is 153 g/mol. The molecular formula is C9H15NO. The van der Waals surface area contributed by atoms with Crippen LogP contribution in [0.1, 0.15) is 13.3 Å². The molecule has 2 heterocycles. The van der Waals surface area contributed by atoms with Gasteiger partial charge in [-0.2, -0.15) is 0 Å². The molecular weight excluding hydrogens is 138 g/mol. The summed E-state index contributed by atoms with van der Waals surface area (Å²) in [6, 6.07) is 0.722. The first-order valence-electron chi connectivity index (χ1n) is 4.33. The first-order valence-corrected chi connectivity index (χ1v) is 4.33. The molecule has 0 bridgehead atoms. The van der Waals surface area contributed by atoms with Gasteiger partial charge < -0.3 is 4.74 Å². The van der Waals surface area contributed by atoms with Gasteiger partial charge >= 0.3 is 0 Å². The predicted molar refractivity (Wildman–Crippen MR) is 44.6 cm³/mol. The monoisotopic (exact) mass is 153 g/mol. The third-order valence-corrected chi connectivity index (χ3v) is 2.60. The second-order valence-electron chi connectivity index (χ2n) is 3.49. The molecule has 0 atom stereocenters. The SMILES string of the molecule is CC1=CCN(C2COC2)CC1. The molecule has 0 N–H and O–H groups in total. The second kappa shape index (κ2) is 2.95.